The number of methoxy groups -OCH3 is 1. The lowest BCUT2D eigenvalue weighted by Gasteiger charge is -2.12. The summed E-state index contributed by atoms with van der Waals surface area (Å²) in [6.45, 7) is 3.70. The average Bonchev–Trinajstić information content (AvgIpc) is 3.40. The Bertz CT molecular complexity index is 1150. The summed E-state index contributed by atoms with van der Waals surface area (Å²) in [7, 11) is -2.35. The smallest absolute Gasteiger partial charge is 0.284 e. The summed E-state index contributed by atoms with van der Waals surface area (Å²) in [4.78, 5) is 8.82. The lowest BCUT2D eigenvalue weighted by atomic mass is 10.0. The fourth-order valence-electron chi connectivity index (χ4n) is 3.68. The standard InChI is InChI=1S/C21H25N5O3S/c1-14-8-10-17(11-9-14)30(27,28)26-19(12-18(25-26)16-6-4-5-7-16)24-21-15(2)23-20(29-3)13-22-21/h8-13,16H,4-7H2,1-3H3,(H,22,24). The first-order valence-electron chi connectivity index (χ1n) is 9.95. The molecule has 0 bridgehead atoms. The number of rotatable bonds is 6. The highest BCUT2D eigenvalue weighted by Crippen LogP contribution is 2.35. The van der Waals surface area contributed by atoms with Gasteiger partial charge in [-0.25, -0.2) is 9.97 Å². The summed E-state index contributed by atoms with van der Waals surface area (Å²) in [5.74, 6) is 1.46. The molecule has 0 aliphatic heterocycles. The fourth-order valence-corrected chi connectivity index (χ4v) is 4.92. The second-order valence-corrected chi connectivity index (χ2v) is 9.34. The summed E-state index contributed by atoms with van der Waals surface area (Å²) in [5, 5.41) is 7.63. The van der Waals surface area contributed by atoms with Crippen molar-refractivity contribution >= 4 is 21.7 Å². The Balaban J connectivity index is 1.77. The number of aryl methyl sites for hydroxylation is 2. The Hall–Kier alpha value is -2.94. The summed E-state index contributed by atoms with van der Waals surface area (Å²) in [6, 6.07) is 8.57. The molecule has 0 unspecified atom stereocenters. The molecule has 1 saturated carbocycles. The highest BCUT2D eigenvalue weighted by atomic mass is 32.2. The van der Waals surface area contributed by atoms with Crippen molar-refractivity contribution < 1.29 is 13.2 Å². The van der Waals surface area contributed by atoms with Crippen LogP contribution in [0.1, 0.15) is 48.6 Å². The number of nitrogens with zero attached hydrogens (tertiary/aromatic N) is 4. The topological polar surface area (TPSA) is 99.0 Å². The predicted molar refractivity (Wildman–Crippen MR) is 114 cm³/mol. The monoisotopic (exact) mass is 427 g/mol. The number of nitrogens with one attached hydrogen (secondary N) is 1. The lowest BCUT2D eigenvalue weighted by molar-refractivity contribution is 0.395. The molecule has 1 aromatic carbocycles. The molecular formula is C21H25N5O3S. The van der Waals surface area contributed by atoms with Crippen LogP contribution in [0.15, 0.2) is 41.4 Å². The average molecular weight is 428 g/mol. The van der Waals surface area contributed by atoms with Gasteiger partial charge in [-0.1, -0.05) is 30.5 Å². The van der Waals surface area contributed by atoms with E-state index in [1.807, 2.05) is 13.0 Å². The van der Waals surface area contributed by atoms with Crippen molar-refractivity contribution in [3.63, 3.8) is 0 Å². The molecule has 30 heavy (non-hydrogen) atoms. The molecule has 158 valence electrons. The first kappa shape index (κ1) is 20.3. The Morgan fingerprint density at radius 2 is 1.83 bits per heavy atom. The molecule has 2 heterocycles. The molecule has 2 aromatic heterocycles. The van der Waals surface area contributed by atoms with Crippen molar-refractivity contribution in [3.05, 3.63) is 53.5 Å². The molecule has 1 aliphatic carbocycles. The molecule has 0 spiro atoms. The molecule has 3 aromatic rings. The zero-order chi connectivity index (χ0) is 21.3. The number of ether oxygens (including phenoxy) is 1. The summed E-state index contributed by atoms with van der Waals surface area (Å²) in [6.07, 6.45) is 5.79. The SMILES string of the molecule is COc1cnc(Nc2cc(C3CCCC3)nn2S(=O)(=O)c2ccc(C)cc2)c(C)n1. The zero-order valence-corrected chi connectivity index (χ0v) is 18.1. The van der Waals surface area contributed by atoms with E-state index in [0.717, 1.165) is 41.0 Å². The van der Waals surface area contributed by atoms with Gasteiger partial charge in [-0.3, -0.25) is 0 Å². The van der Waals surface area contributed by atoms with Gasteiger partial charge in [0.1, 0.15) is 5.82 Å². The zero-order valence-electron chi connectivity index (χ0n) is 17.3. The predicted octanol–water partition coefficient (Wildman–Crippen LogP) is 3.94. The summed E-state index contributed by atoms with van der Waals surface area (Å²) in [5.41, 5.74) is 2.37. The lowest BCUT2D eigenvalue weighted by Crippen LogP contribution is -2.17. The second-order valence-electron chi connectivity index (χ2n) is 7.57. The van der Waals surface area contributed by atoms with Crippen LogP contribution in [0.25, 0.3) is 0 Å². The highest BCUT2D eigenvalue weighted by Gasteiger charge is 2.27. The van der Waals surface area contributed by atoms with E-state index in [2.05, 4.69) is 20.4 Å². The van der Waals surface area contributed by atoms with Crippen molar-refractivity contribution in [2.75, 3.05) is 12.4 Å². The van der Waals surface area contributed by atoms with E-state index in [0.29, 0.717) is 23.2 Å². The van der Waals surface area contributed by atoms with Crippen LogP contribution in [0.4, 0.5) is 11.6 Å². The normalized spacial score (nSPS) is 14.8. The van der Waals surface area contributed by atoms with Crippen molar-refractivity contribution in [2.24, 2.45) is 0 Å². The minimum atomic E-state index is -3.87. The van der Waals surface area contributed by atoms with Crippen LogP contribution in [-0.4, -0.2) is 34.7 Å². The van der Waals surface area contributed by atoms with Crippen molar-refractivity contribution in [1.82, 2.24) is 19.2 Å². The van der Waals surface area contributed by atoms with E-state index in [1.165, 1.54) is 13.3 Å². The van der Waals surface area contributed by atoms with E-state index in [-0.39, 0.29) is 10.8 Å². The summed E-state index contributed by atoms with van der Waals surface area (Å²) < 4.78 is 32.9. The number of aromatic nitrogens is 4. The van der Waals surface area contributed by atoms with Crippen LogP contribution >= 0.6 is 0 Å². The number of hydrogen-bond donors (Lipinski definition) is 1. The highest BCUT2D eigenvalue weighted by molar-refractivity contribution is 7.90. The van der Waals surface area contributed by atoms with Gasteiger partial charge in [0.05, 0.1) is 29.6 Å². The second kappa shape index (κ2) is 8.06. The third-order valence-electron chi connectivity index (χ3n) is 5.40. The van der Waals surface area contributed by atoms with Gasteiger partial charge in [0.15, 0.2) is 5.82 Å². The molecule has 1 N–H and O–H groups in total. The third-order valence-corrected chi connectivity index (χ3v) is 7.00. The molecule has 0 amide bonds. The Morgan fingerprint density at radius 3 is 2.47 bits per heavy atom. The van der Waals surface area contributed by atoms with Crippen LogP contribution in [-0.2, 0) is 10.0 Å². The molecule has 1 fully saturated rings. The van der Waals surface area contributed by atoms with Crippen LogP contribution in [0.5, 0.6) is 5.88 Å². The van der Waals surface area contributed by atoms with Gasteiger partial charge >= 0.3 is 0 Å². The van der Waals surface area contributed by atoms with Gasteiger partial charge in [0, 0.05) is 12.0 Å². The molecule has 8 nitrogen and oxygen atoms in total. The minimum Gasteiger partial charge on any atom is -0.480 e. The van der Waals surface area contributed by atoms with Crippen molar-refractivity contribution in [1.29, 1.82) is 0 Å². The Morgan fingerprint density at radius 1 is 1.13 bits per heavy atom. The molecule has 0 saturated heterocycles. The molecular weight excluding hydrogens is 402 g/mol. The largest absolute Gasteiger partial charge is 0.480 e. The molecule has 1 aliphatic rings. The molecule has 4 rings (SSSR count). The Labute approximate surface area is 176 Å². The van der Waals surface area contributed by atoms with E-state index < -0.39 is 10.0 Å². The number of anilines is 2. The van der Waals surface area contributed by atoms with Gasteiger partial charge in [-0.2, -0.15) is 13.5 Å². The molecule has 0 radical (unpaired) electrons. The fraction of sp³-hybridized carbons (Fsp3) is 0.381. The van der Waals surface area contributed by atoms with Crippen LogP contribution in [0.3, 0.4) is 0 Å². The van der Waals surface area contributed by atoms with Gasteiger partial charge in [0.2, 0.25) is 5.88 Å². The first-order valence-corrected chi connectivity index (χ1v) is 11.4. The molecule has 9 heteroatoms. The maximum Gasteiger partial charge on any atom is 0.284 e. The first-order chi connectivity index (χ1) is 14.4. The van der Waals surface area contributed by atoms with Crippen LogP contribution in [0, 0.1) is 13.8 Å². The maximum atomic E-state index is 13.4. The summed E-state index contributed by atoms with van der Waals surface area (Å²) >= 11 is 0. The quantitative estimate of drug-likeness (QED) is 0.636. The number of benzene rings is 1. The van der Waals surface area contributed by atoms with E-state index >= 15 is 0 Å². The van der Waals surface area contributed by atoms with E-state index in [4.69, 9.17) is 4.74 Å². The van der Waals surface area contributed by atoms with Crippen LogP contribution < -0.4 is 10.1 Å². The van der Waals surface area contributed by atoms with E-state index in [9.17, 15) is 8.42 Å². The van der Waals surface area contributed by atoms with Gasteiger partial charge in [0.25, 0.3) is 10.0 Å². The Kier molecular flexibility index (Phi) is 5.46. The molecule has 0 atom stereocenters. The number of hydrogen-bond acceptors (Lipinski definition) is 7. The van der Waals surface area contributed by atoms with E-state index in [1.54, 1.807) is 31.2 Å². The third kappa shape index (κ3) is 3.89. The van der Waals surface area contributed by atoms with Crippen molar-refractivity contribution in [2.45, 2.75) is 50.3 Å². The van der Waals surface area contributed by atoms with Crippen molar-refractivity contribution in [3.8, 4) is 5.88 Å². The van der Waals surface area contributed by atoms with Gasteiger partial charge in [-0.15, -0.1) is 4.09 Å². The van der Waals surface area contributed by atoms with Gasteiger partial charge < -0.3 is 10.1 Å². The van der Waals surface area contributed by atoms with Gasteiger partial charge in [-0.05, 0) is 38.8 Å². The minimum absolute atomic E-state index is 0.190. The maximum absolute atomic E-state index is 13.4. The van der Waals surface area contributed by atoms with Crippen LogP contribution in [0.2, 0.25) is 0 Å².